The molecule has 0 aromatic rings. The number of rotatable bonds is 15. The Bertz CT molecular complexity index is 186. The second-order valence-electron chi connectivity index (χ2n) is 5.95. The first kappa shape index (κ1) is 18.7. The maximum atomic E-state index is 7.59. The van der Waals surface area contributed by atoms with Gasteiger partial charge in [-0.05, 0) is 19.3 Å². The molecular formula is C18H37N. The zero-order chi connectivity index (χ0) is 14.2. The van der Waals surface area contributed by atoms with Crippen molar-refractivity contribution in [3.05, 3.63) is 0 Å². The summed E-state index contributed by atoms with van der Waals surface area (Å²) in [5.74, 6) is 0. The van der Waals surface area contributed by atoms with Gasteiger partial charge in [-0.15, -0.1) is 0 Å². The summed E-state index contributed by atoms with van der Waals surface area (Å²) in [6.07, 6.45) is 20.3. The van der Waals surface area contributed by atoms with Gasteiger partial charge in [0.1, 0.15) is 0 Å². The van der Waals surface area contributed by atoms with Crippen LogP contribution in [-0.2, 0) is 0 Å². The van der Waals surface area contributed by atoms with Crippen molar-refractivity contribution in [3.63, 3.8) is 0 Å². The van der Waals surface area contributed by atoms with Gasteiger partial charge in [0.25, 0.3) is 0 Å². The highest BCUT2D eigenvalue weighted by molar-refractivity contribution is 5.80. The average molecular weight is 268 g/mol. The molecule has 1 heteroatoms. The van der Waals surface area contributed by atoms with Crippen LogP contribution in [0.15, 0.2) is 0 Å². The van der Waals surface area contributed by atoms with E-state index in [0.717, 1.165) is 18.6 Å². The van der Waals surface area contributed by atoms with Gasteiger partial charge in [-0.2, -0.15) is 0 Å². The Labute approximate surface area is 122 Å². The summed E-state index contributed by atoms with van der Waals surface area (Å²) in [5.41, 5.74) is 0.933. The second kappa shape index (κ2) is 15.7. The van der Waals surface area contributed by atoms with Gasteiger partial charge in [0, 0.05) is 5.71 Å². The van der Waals surface area contributed by atoms with Crippen LogP contribution in [0.1, 0.15) is 110 Å². The molecule has 0 rings (SSSR count). The normalized spacial score (nSPS) is 10.8. The Morgan fingerprint density at radius 3 is 1.32 bits per heavy atom. The summed E-state index contributed by atoms with van der Waals surface area (Å²) in [7, 11) is 0. The number of nitrogens with one attached hydrogen (secondary N) is 1. The van der Waals surface area contributed by atoms with Crippen molar-refractivity contribution < 1.29 is 0 Å². The quantitative estimate of drug-likeness (QED) is 0.246. The first-order chi connectivity index (χ1) is 9.31. The molecule has 0 unspecified atom stereocenters. The first-order valence-corrected chi connectivity index (χ1v) is 8.87. The Morgan fingerprint density at radius 2 is 0.947 bits per heavy atom. The van der Waals surface area contributed by atoms with Crippen LogP contribution in [0.5, 0.6) is 0 Å². The van der Waals surface area contributed by atoms with Gasteiger partial charge in [-0.1, -0.05) is 90.9 Å². The minimum absolute atomic E-state index is 0.933. The summed E-state index contributed by atoms with van der Waals surface area (Å²) >= 11 is 0. The molecule has 0 aromatic carbocycles. The van der Waals surface area contributed by atoms with Crippen LogP contribution in [0.3, 0.4) is 0 Å². The molecule has 0 atom stereocenters. The second-order valence-corrected chi connectivity index (χ2v) is 5.95. The largest absolute Gasteiger partial charge is 0.310 e. The van der Waals surface area contributed by atoms with Gasteiger partial charge in [-0.3, -0.25) is 0 Å². The highest BCUT2D eigenvalue weighted by Crippen LogP contribution is 2.13. The fourth-order valence-corrected chi connectivity index (χ4v) is 2.53. The molecule has 0 aliphatic rings. The van der Waals surface area contributed by atoms with Crippen molar-refractivity contribution in [2.24, 2.45) is 0 Å². The lowest BCUT2D eigenvalue weighted by Crippen LogP contribution is -1.92. The van der Waals surface area contributed by atoms with Gasteiger partial charge in [-0.25, -0.2) is 0 Å². The van der Waals surface area contributed by atoms with Gasteiger partial charge in [0.15, 0.2) is 0 Å². The first-order valence-electron chi connectivity index (χ1n) is 8.87. The molecule has 0 bridgehead atoms. The van der Waals surface area contributed by atoms with E-state index in [-0.39, 0.29) is 0 Å². The standard InChI is InChI=1S/C18H37N/c1-3-5-6-7-8-9-10-11-12-13-14-15-16-17-18(19)4-2/h19H,3-17H2,1-2H3. The fraction of sp³-hybridized carbons (Fsp3) is 0.944. The molecule has 0 saturated heterocycles. The third-order valence-electron chi connectivity index (χ3n) is 4.01. The van der Waals surface area contributed by atoms with Crippen molar-refractivity contribution in [1.82, 2.24) is 0 Å². The van der Waals surface area contributed by atoms with E-state index in [9.17, 15) is 0 Å². The third kappa shape index (κ3) is 15.6. The van der Waals surface area contributed by atoms with E-state index < -0.39 is 0 Å². The molecule has 19 heavy (non-hydrogen) atoms. The fourth-order valence-electron chi connectivity index (χ4n) is 2.53. The smallest absolute Gasteiger partial charge is 0.00864 e. The highest BCUT2D eigenvalue weighted by Gasteiger charge is 1.95. The maximum Gasteiger partial charge on any atom is 0.00864 e. The summed E-state index contributed by atoms with van der Waals surface area (Å²) < 4.78 is 0. The Hall–Kier alpha value is -0.330. The molecule has 0 amide bonds. The molecule has 0 radical (unpaired) electrons. The van der Waals surface area contributed by atoms with Crippen LogP contribution in [-0.4, -0.2) is 5.71 Å². The highest BCUT2D eigenvalue weighted by atomic mass is 14.4. The molecular weight excluding hydrogens is 230 g/mol. The van der Waals surface area contributed by atoms with Crippen LogP contribution in [0.25, 0.3) is 0 Å². The van der Waals surface area contributed by atoms with Crippen molar-refractivity contribution in [3.8, 4) is 0 Å². The van der Waals surface area contributed by atoms with Crippen LogP contribution in [0, 0.1) is 5.41 Å². The monoisotopic (exact) mass is 267 g/mol. The van der Waals surface area contributed by atoms with E-state index in [1.54, 1.807) is 0 Å². The van der Waals surface area contributed by atoms with E-state index in [0.29, 0.717) is 0 Å². The molecule has 1 nitrogen and oxygen atoms in total. The van der Waals surface area contributed by atoms with E-state index in [4.69, 9.17) is 5.41 Å². The van der Waals surface area contributed by atoms with Gasteiger partial charge < -0.3 is 5.41 Å². The number of hydrogen-bond acceptors (Lipinski definition) is 1. The lowest BCUT2D eigenvalue weighted by molar-refractivity contribution is 0.540. The molecule has 1 N–H and O–H groups in total. The molecule has 0 aromatic heterocycles. The Balaban J connectivity index is 2.97. The van der Waals surface area contributed by atoms with Crippen LogP contribution < -0.4 is 0 Å². The number of unbranched alkanes of at least 4 members (excludes halogenated alkanes) is 12. The molecule has 114 valence electrons. The number of hydrogen-bond donors (Lipinski definition) is 1. The Kier molecular flexibility index (Phi) is 15.5. The van der Waals surface area contributed by atoms with Gasteiger partial charge >= 0.3 is 0 Å². The van der Waals surface area contributed by atoms with Crippen LogP contribution in [0.2, 0.25) is 0 Å². The predicted molar refractivity (Wildman–Crippen MR) is 88.3 cm³/mol. The van der Waals surface area contributed by atoms with Crippen molar-refractivity contribution in [2.45, 2.75) is 110 Å². The van der Waals surface area contributed by atoms with Crippen molar-refractivity contribution >= 4 is 5.71 Å². The molecule has 0 heterocycles. The van der Waals surface area contributed by atoms with Crippen LogP contribution in [0.4, 0.5) is 0 Å². The molecule has 0 aliphatic carbocycles. The average Bonchev–Trinajstić information content (AvgIpc) is 2.43. The summed E-state index contributed by atoms with van der Waals surface area (Å²) in [6, 6.07) is 0. The van der Waals surface area contributed by atoms with Crippen LogP contribution >= 0.6 is 0 Å². The third-order valence-corrected chi connectivity index (χ3v) is 4.01. The molecule has 0 spiro atoms. The molecule has 0 aliphatic heterocycles. The lowest BCUT2D eigenvalue weighted by atomic mass is 10.0. The topological polar surface area (TPSA) is 23.9 Å². The zero-order valence-corrected chi connectivity index (χ0v) is 13.6. The lowest BCUT2D eigenvalue weighted by Gasteiger charge is -2.03. The van der Waals surface area contributed by atoms with Gasteiger partial charge in [0.05, 0.1) is 0 Å². The van der Waals surface area contributed by atoms with Gasteiger partial charge in [0.2, 0.25) is 0 Å². The summed E-state index contributed by atoms with van der Waals surface area (Å²) in [5, 5.41) is 7.59. The summed E-state index contributed by atoms with van der Waals surface area (Å²) in [6.45, 7) is 4.37. The molecule has 0 fully saturated rings. The SMILES string of the molecule is CCCCCCCCCCCCCCCC(=N)CC. The van der Waals surface area contributed by atoms with Crippen molar-refractivity contribution in [2.75, 3.05) is 0 Å². The van der Waals surface area contributed by atoms with E-state index in [1.165, 1.54) is 83.5 Å². The summed E-state index contributed by atoms with van der Waals surface area (Å²) in [4.78, 5) is 0. The van der Waals surface area contributed by atoms with E-state index >= 15 is 0 Å². The van der Waals surface area contributed by atoms with E-state index in [2.05, 4.69) is 13.8 Å². The molecule has 0 saturated carbocycles. The minimum atomic E-state index is 0.933. The Morgan fingerprint density at radius 1 is 0.579 bits per heavy atom. The van der Waals surface area contributed by atoms with E-state index in [1.807, 2.05) is 0 Å². The minimum Gasteiger partial charge on any atom is -0.310 e. The predicted octanol–water partition coefficient (Wildman–Crippen LogP) is 6.90. The maximum absolute atomic E-state index is 7.59. The van der Waals surface area contributed by atoms with Crippen molar-refractivity contribution in [1.29, 1.82) is 5.41 Å². The zero-order valence-electron chi connectivity index (χ0n) is 13.6.